The monoisotopic (exact) mass is 174 g/mol. The second kappa shape index (κ2) is 3.85. The summed E-state index contributed by atoms with van der Waals surface area (Å²) >= 11 is 1.92. The quantitative estimate of drug-likeness (QED) is 0.636. The molecule has 0 aliphatic carbocycles. The van der Waals surface area contributed by atoms with Gasteiger partial charge in [-0.25, -0.2) is 4.79 Å². The zero-order chi connectivity index (χ0) is 8.27. The van der Waals surface area contributed by atoms with Gasteiger partial charge in [0.1, 0.15) is 0 Å². The Morgan fingerprint density at radius 2 is 2.45 bits per heavy atom. The van der Waals surface area contributed by atoms with E-state index in [0.29, 0.717) is 6.04 Å². The fraction of sp³-hybridized carbons (Fsp3) is 0.857. The van der Waals surface area contributed by atoms with Crippen molar-refractivity contribution < 1.29 is 4.79 Å². The standard InChI is InChI=1S/C7H14N2OS/c1-8-7(10)9(2)6-3-4-11-5-6/h6H,3-5H2,1-2H3,(H,8,10). The Kier molecular flexibility index (Phi) is 3.05. The van der Waals surface area contributed by atoms with E-state index >= 15 is 0 Å². The van der Waals surface area contributed by atoms with Crippen LogP contribution in [-0.4, -0.2) is 42.6 Å². The molecule has 0 radical (unpaired) electrons. The lowest BCUT2D eigenvalue weighted by atomic mass is 10.2. The summed E-state index contributed by atoms with van der Waals surface area (Å²) in [4.78, 5) is 12.9. The molecule has 0 aromatic heterocycles. The molecule has 3 nitrogen and oxygen atoms in total. The molecule has 11 heavy (non-hydrogen) atoms. The predicted octanol–water partition coefficient (Wildman–Crippen LogP) is 0.763. The molecule has 1 unspecified atom stereocenters. The first-order valence-electron chi connectivity index (χ1n) is 3.78. The third kappa shape index (κ3) is 2.02. The highest BCUT2D eigenvalue weighted by molar-refractivity contribution is 7.99. The number of hydrogen-bond acceptors (Lipinski definition) is 2. The van der Waals surface area contributed by atoms with Crippen LogP contribution < -0.4 is 5.32 Å². The number of thioether (sulfide) groups is 1. The summed E-state index contributed by atoms with van der Waals surface area (Å²) in [5.74, 6) is 2.27. The van der Waals surface area contributed by atoms with Crippen LogP contribution in [0.1, 0.15) is 6.42 Å². The number of carbonyl (C=O) groups is 1. The van der Waals surface area contributed by atoms with Gasteiger partial charge in [-0.1, -0.05) is 0 Å². The van der Waals surface area contributed by atoms with Crippen LogP contribution in [0.15, 0.2) is 0 Å². The van der Waals surface area contributed by atoms with E-state index in [0.717, 1.165) is 12.2 Å². The molecule has 0 aromatic carbocycles. The SMILES string of the molecule is CNC(=O)N(C)C1CCSC1. The molecule has 0 aromatic rings. The molecule has 1 atom stereocenters. The van der Waals surface area contributed by atoms with Gasteiger partial charge in [-0.2, -0.15) is 11.8 Å². The van der Waals surface area contributed by atoms with Gasteiger partial charge in [0.25, 0.3) is 0 Å². The third-order valence-electron chi connectivity index (χ3n) is 1.99. The van der Waals surface area contributed by atoms with Crippen molar-refractivity contribution in [3.05, 3.63) is 0 Å². The second-order valence-electron chi connectivity index (χ2n) is 2.68. The molecule has 0 bridgehead atoms. The van der Waals surface area contributed by atoms with E-state index in [1.54, 1.807) is 11.9 Å². The zero-order valence-corrected chi connectivity index (χ0v) is 7.78. The Bertz CT molecular complexity index is 145. The van der Waals surface area contributed by atoms with Crippen LogP contribution in [0.5, 0.6) is 0 Å². The van der Waals surface area contributed by atoms with Crippen molar-refractivity contribution in [2.24, 2.45) is 0 Å². The van der Waals surface area contributed by atoms with Gasteiger partial charge in [-0.3, -0.25) is 0 Å². The molecule has 4 heteroatoms. The summed E-state index contributed by atoms with van der Waals surface area (Å²) in [6, 6.07) is 0.470. The number of urea groups is 1. The van der Waals surface area contributed by atoms with Gasteiger partial charge >= 0.3 is 6.03 Å². The van der Waals surface area contributed by atoms with Gasteiger partial charge in [0.05, 0.1) is 0 Å². The molecule has 1 fully saturated rings. The topological polar surface area (TPSA) is 32.3 Å². The summed E-state index contributed by atoms with van der Waals surface area (Å²) in [5.41, 5.74) is 0. The molecule has 1 rings (SSSR count). The molecule has 2 amide bonds. The minimum Gasteiger partial charge on any atom is -0.341 e. The number of amides is 2. The number of rotatable bonds is 1. The lowest BCUT2D eigenvalue weighted by molar-refractivity contribution is 0.197. The second-order valence-corrected chi connectivity index (χ2v) is 3.83. The molecule has 1 heterocycles. The van der Waals surface area contributed by atoms with E-state index in [9.17, 15) is 4.79 Å². The first kappa shape index (κ1) is 8.71. The minimum atomic E-state index is 0.0255. The first-order valence-corrected chi connectivity index (χ1v) is 4.93. The molecular formula is C7H14N2OS. The van der Waals surface area contributed by atoms with Crippen LogP contribution in [0.2, 0.25) is 0 Å². The average Bonchev–Trinajstić information content (AvgIpc) is 2.53. The highest BCUT2D eigenvalue weighted by Gasteiger charge is 2.22. The third-order valence-corrected chi connectivity index (χ3v) is 3.13. The largest absolute Gasteiger partial charge is 0.341 e. The summed E-state index contributed by atoms with van der Waals surface area (Å²) in [6.45, 7) is 0. The number of carbonyl (C=O) groups excluding carboxylic acids is 1. The first-order chi connectivity index (χ1) is 5.25. The van der Waals surface area contributed by atoms with Crippen molar-refractivity contribution in [1.82, 2.24) is 10.2 Å². The molecule has 64 valence electrons. The fourth-order valence-electron chi connectivity index (χ4n) is 1.17. The Labute approximate surface area is 71.5 Å². The highest BCUT2D eigenvalue weighted by atomic mass is 32.2. The summed E-state index contributed by atoms with van der Waals surface area (Å²) in [7, 11) is 3.52. The Hall–Kier alpha value is -0.380. The zero-order valence-electron chi connectivity index (χ0n) is 6.96. The number of nitrogens with one attached hydrogen (secondary N) is 1. The molecule has 0 saturated carbocycles. The van der Waals surface area contributed by atoms with Crippen molar-refractivity contribution in [3.8, 4) is 0 Å². The number of nitrogens with zero attached hydrogens (tertiary/aromatic N) is 1. The Morgan fingerprint density at radius 3 is 2.91 bits per heavy atom. The van der Waals surface area contributed by atoms with E-state index in [-0.39, 0.29) is 6.03 Å². The summed E-state index contributed by atoms with van der Waals surface area (Å²) in [6.07, 6.45) is 1.13. The molecule has 1 aliphatic rings. The van der Waals surface area contributed by atoms with Gasteiger partial charge in [0, 0.05) is 25.9 Å². The predicted molar refractivity (Wildman–Crippen MR) is 47.9 cm³/mol. The van der Waals surface area contributed by atoms with E-state index in [2.05, 4.69) is 5.32 Å². The fourth-order valence-corrected chi connectivity index (χ4v) is 2.44. The van der Waals surface area contributed by atoms with Crippen molar-refractivity contribution in [2.45, 2.75) is 12.5 Å². The van der Waals surface area contributed by atoms with Crippen molar-refractivity contribution in [3.63, 3.8) is 0 Å². The maximum atomic E-state index is 11.1. The van der Waals surface area contributed by atoms with E-state index in [1.165, 1.54) is 5.75 Å². The van der Waals surface area contributed by atoms with E-state index in [4.69, 9.17) is 0 Å². The van der Waals surface area contributed by atoms with E-state index < -0.39 is 0 Å². The average molecular weight is 174 g/mol. The lowest BCUT2D eigenvalue weighted by Gasteiger charge is -2.22. The molecule has 0 spiro atoms. The van der Waals surface area contributed by atoms with E-state index in [1.807, 2.05) is 18.8 Å². The van der Waals surface area contributed by atoms with Crippen molar-refractivity contribution in [1.29, 1.82) is 0 Å². The lowest BCUT2D eigenvalue weighted by Crippen LogP contribution is -2.42. The van der Waals surface area contributed by atoms with Crippen molar-refractivity contribution in [2.75, 3.05) is 25.6 Å². The van der Waals surface area contributed by atoms with Crippen molar-refractivity contribution >= 4 is 17.8 Å². The van der Waals surface area contributed by atoms with Gasteiger partial charge in [-0.15, -0.1) is 0 Å². The van der Waals surface area contributed by atoms with Gasteiger partial charge in [0.2, 0.25) is 0 Å². The summed E-state index contributed by atoms with van der Waals surface area (Å²) < 4.78 is 0. The normalized spacial score (nSPS) is 23.3. The number of hydrogen-bond donors (Lipinski definition) is 1. The van der Waals surface area contributed by atoms with Crippen LogP contribution in [0.4, 0.5) is 4.79 Å². The van der Waals surface area contributed by atoms with Gasteiger partial charge < -0.3 is 10.2 Å². The van der Waals surface area contributed by atoms with Crippen LogP contribution in [0.3, 0.4) is 0 Å². The molecule has 1 N–H and O–H groups in total. The van der Waals surface area contributed by atoms with Crippen LogP contribution >= 0.6 is 11.8 Å². The Balaban J connectivity index is 2.39. The highest BCUT2D eigenvalue weighted by Crippen LogP contribution is 2.20. The molecular weight excluding hydrogens is 160 g/mol. The molecule has 1 aliphatic heterocycles. The van der Waals surface area contributed by atoms with Gasteiger partial charge in [0.15, 0.2) is 0 Å². The Morgan fingerprint density at radius 1 is 1.73 bits per heavy atom. The summed E-state index contributed by atoms with van der Waals surface area (Å²) in [5, 5.41) is 2.62. The minimum absolute atomic E-state index is 0.0255. The molecule has 1 saturated heterocycles. The smallest absolute Gasteiger partial charge is 0.317 e. The van der Waals surface area contributed by atoms with Crippen LogP contribution in [0, 0.1) is 0 Å². The van der Waals surface area contributed by atoms with Crippen LogP contribution in [0.25, 0.3) is 0 Å². The maximum Gasteiger partial charge on any atom is 0.317 e. The van der Waals surface area contributed by atoms with Crippen LogP contribution in [-0.2, 0) is 0 Å². The maximum absolute atomic E-state index is 11.1. The van der Waals surface area contributed by atoms with Gasteiger partial charge in [-0.05, 0) is 12.2 Å².